The van der Waals surface area contributed by atoms with Gasteiger partial charge in [-0.15, -0.1) is 6.58 Å². The van der Waals surface area contributed by atoms with Gasteiger partial charge in [0.1, 0.15) is 23.7 Å². The first-order valence-electron chi connectivity index (χ1n) is 20.3. The predicted molar refractivity (Wildman–Crippen MR) is 234 cm³/mol. The number of para-hydroxylation sites is 1. The molecule has 12 nitrogen and oxygen atoms in total. The molecule has 2 fully saturated rings. The number of aryl methyl sites for hydroxylation is 2. The fourth-order valence-corrected chi connectivity index (χ4v) is 8.59. The average molecular weight is 817 g/mol. The molecule has 6 aromatic rings. The predicted octanol–water partition coefficient (Wildman–Crippen LogP) is 6.80. The number of aromatic nitrogens is 1. The number of carbonyl (C=O) groups is 4. The average Bonchev–Trinajstić information content (AvgIpc) is 3.62. The van der Waals surface area contributed by atoms with Gasteiger partial charge in [0, 0.05) is 61.4 Å². The van der Waals surface area contributed by atoms with Crippen molar-refractivity contribution in [2.75, 3.05) is 32.1 Å². The molecule has 61 heavy (non-hydrogen) atoms. The van der Waals surface area contributed by atoms with E-state index in [1.807, 2.05) is 84.5 Å². The summed E-state index contributed by atoms with van der Waals surface area (Å²) >= 11 is 0. The van der Waals surface area contributed by atoms with E-state index in [0.717, 1.165) is 38.7 Å². The molecule has 2 aliphatic rings. The molecule has 0 radical (unpaired) electrons. The van der Waals surface area contributed by atoms with E-state index in [9.17, 15) is 24.3 Å². The van der Waals surface area contributed by atoms with Gasteiger partial charge in [0.2, 0.25) is 17.7 Å². The monoisotopic (exact) mass is 816 g/mol. The highest BCUT2D eigenvalue weighted by atomic mass is 16.5. The standard InChI is InChI=1S/C49H48N6O6/c1-4-26-53-32-46(58)54-43(27-34-16-21-39(56)22-17-34)49(60)52(31-44(54)55(53)45(57)25-18-33-10-6-5-7-11-33)29-37-14-9-15-41-42(30-51(2)47(37)41)35-12-8-13-36(28-35)48(59)50-38-19-23-40(61-3)24-20-38/h4-17,19-24,28,30,43-44,56H,1,18,25-27,29,31-32H2,2-3H3,(H,50,59)/t43-,44-/m0/s1. The number of carbonyl (C=O) groups excluding carboxylic acids is 4. The maximum Gasteiger partial charge on any atom is 0.255 e. The number of piperazine rings is 1. The fourth-order valence-electron chi connectivity index (χ4n) is 8.59. The number of anilines is 1. The summed E-state index contributed by atoms with van der Waals surface area (Å²) in [4.78, 5) is 60.0. The van der Waals surface area contributed by atoms with Crippen molar-refractivity contribution in [2.45, 2.75) is 38.0 Å². The second-order valence-electron chi connectivity index (χ2n) is 15.5. The normalized spacial score (nSPS) is 16.7. The molecule has 2 aliphatic heterocycles. The second kappa shape index (κ2) is 17.6. The number of hydrogen-bond acceptors (Lipinski definition) is 7. The first kappa shape index (κ1) is 40.6. The smallest absolute Gasteiger partial charge is 0.255 e. The van der Waals surface area contributed by atoms with Crippen LogP contribution in [0.4, 0.5) is 5.69 Å². The third kappa shape index (κ3) is 8.48. The highest BCUT2D eigenvalue weighted by Gasteiger charge is 2.51. The SMILES string of the molecule is C=CCN1CC(=O)N2[C@@H](Cc3ccc(O)cc3)C(=O)N(Cc3cccc4c(-c5cccc(C(=O)Nc6ccc(OC)cc6)c5)cn(C)c34)C[C@@H]2N1C(=O)CCc1ccccc1. The summed E-state index contributed by atoms with van der Waals surface area (Å²) in [5.41, 5.74) is 6.53. The number of phenols is 1. The van der Waals surface area contributed by atoms with Crippen LogP contribution in [-0.4, -0.2) is 92.1 Å². The number of hydrogen-bond donors (Lipinski definition) is 2. The molecule has 3 heterocycles. The number of aromatic hydroxyl groups is 1. The molecule has 2 N–H and O–H groups in total. The third-order valence-corrected chi connectivity index (χ3v) is 11.5. The van der Waals surface area contributed by atoms with E-state index in [2.05, 4.69) is 11.9 Å². The molecule has 0 saturated carbocycles. The topological polar surface area (TPSA) is 128 Å². The minimum atomic E-state index is -0.902. The van der Waals surface area contributed by atoms with E-state index in [1.165, 1.54) is 0 Å². The second-order valence-corrected chi connectivity index (χ2v) is 15.5. The lowest BCUT2D eigenvalue weighted by Crippen LogP contribution is -2.75. The quantitative estimate of drug-likeness (QED) is 0.123. The van der Waals surface area contributed by atoms with E-state index in [4.69, 9.17) is 4.74 Å². The molecular formula is C49H48N6O6. The Morgan fingerprint density at radius 3 is 2.39 bits per heavy atom. The fraction of sp³-hybridized carbons (Fsp3) is 0.224. The van der Waals surface area contributed by atoms with Crippen LogP contribution in [0.3, 0.4) is 0 Å². The van der Waals surface area contributed by atoms with Gasteiger partial charge in [-0.05, 0) is 77.2 Å². The zero-order chi connectivity index (χ0) is 42.6. The Hall–Kier alpha value is -7.18. The van der Waals surface area contributed by atoms with Crippen LogP contribution in [0.1, 0.15) is 33.5 Å². The van der Waals surface area contributed by atoms with Crippen LogP contribution in [0.5, 0.6) is 11.5 Å². The zero-order valence-corrected chi connectivity index (χ0v) is 34.2. The summed E-state index contributed by atoms with van der Waals surface area (Å²) in [6, 6.07) is 36.2. The molecule has 5 aromatic carbocycles. The summed E-state index contributed by atoms with van der Waals surface area (Å²) in [5, 5.41) is 17.4. The highest BCUT2D eigenvalue weighted by molar-refractivity contribution is 6.06. The van der Waals surface area contributed by atoms with E-state index in [1.54, 1.807) is 87.6 Å². The zero-order valence-electron chi connectivity index (χ0n) is 34.2. The number of phenolic OH excluding ortho intramolecular Hbond substituents is 1. The molecule has 8 rings (SSSR count). The summed E-state index contributed by atoms with van der Waals surface area (Å²) < 4.78 is 7.28. The molecule has 0 bridgehead atoms. The van der Waals surface area contributed by atoms with Crippen LogP contribution in [-0.2, 0) is 40.8 Å². The molecule has 2 saturated heterocycles. The molecule has 0 spiro atoms. The van der Waals surface area contributed by atoms with E-state index >= 15 is 0 Å². The van der Waals surface area contributed by atoms with Crippen LogP contribution >= 0.6 is 0 Å². The van der Waals surface area contributed by atoms with Gasteiger partial charge in [-0.2, -0.15) is 0 Å². The summed E-state index contributed by atoms with van der Waals surface area (Å²) in [7, 11) is 3.55. The Labute approximate surface area is 354 Å². The molecule has 12 heteroatoms. The van der Waals surface area contributed by atoms with Crippen LogP contribution in [0.2, 0.25) is 0 Å². The van der Waals surface area contributed by atoms with Gasteiger partial charge < -0.3 is 29.5 Å². The van der Waals surface area contributed by atoms with Crippen LogP contribution < -0.4 is 10.1 Å². The van der Waals surface area contributed by atoms with Crippen LogP contribution in [0.25, 0.3) is 22.0 Å². The van der Waals surface area contributed by atoms with Gasteiger partial charge in [-0.1, -0.05) is 78.9 Å². The molecule has 0 aliphatic carbocycles. The number of ether oxygens (including phenoxy) is 1. The highest BCUT2D eigenvalue weighted by Crippen LogP contribution is 2.35. The first-order chi connectivity index (χ1) is 29.6. The first-order valence-corrected chi connectivity index (χ1v) is 20.3. The number of fused-ring (bicyclic) bond motifs is 2. The largest absolute Gasteiger partial charge is 0.508 e. The lowest BCUT2D eigenvalue weighted by atomic mass is 9.97. The van der Waals surface area contributed by atoms with Crippen molar-refractivity contribution in [3.63, 3.8) is 0 Å². The Kier molecular flexibility index (Phi) is 11.7. The number of hydrazine groups is 1. The molecule has 310 valence electrons. The Balaban J connectivity index is 1.12. The van der Waals surface area contributed by atoms with Crippen molar-refractivity contribution in [3.8, 4) is 22.6 Å². The van der Waals surface area contributed by atoms with E-state index in [-0.39, 0.29) is 68.4 Å². The lowest BCUT2D eigenvalue weighted by molar-refractivity contribution is -0.205. The molecule has 2 atom stereocenters. The summed E-state index contributed by atoms with van der Waals surface area (Å²) in [6.07, 6.45) is 3.87. The Bertz CT molecular complexity index is 2590. The number of amides is 4. The number of nitrogens with zero attached hydrogens (tertiary/aromatic N) is 5. The Morgan fingerprint density at radius 2 is 1.66 bits per heavy atom. The van der Waals surface area contributed by atoms with Gasteiger partial charge in [0.05, 0.1) is 25.7 Å². The van der Waals surface area contributed by atoms with Gasteiger partial charge in [-0.3, -0.25) is 19.2 Å². The number of methoxy groups -OCH3 is 1. The van der Waals surface area contributed by atoms with Gasteiger partial charge >= 0.3 is 0 Å². The van der Waals surface area contributed by atoms with E-state index < -0.39 is 12.2 Å². The van der Waals surface area contributed by atoms with Crippen molar-refractivity contribution < 1.29 is 29.0 Å². The summed E-state index contributed by atoms with van der Waals surface area (Å²) in [5.74, 6) is -0.0750. The van der Waals surface area contributed by atoms with Crippen LogP contribution in [0.15, 0.2) is 140 Å². The van der Waals surface area contributed by atoms with Crippen molar-refractivity contribution >= 4 is 40.2 Å². The Morgan fingerprint density at radius 1 is 0.902 bits per heavy atom. The number of rotatable bonds is 13. The maximum atomic E-state index is 14.8. The van der Waals surface area contributed by atoms with Crippen molar-refractivity contribution in [1.82, 2.24) is 24.4 Å². The maximum absolute atomic E-state index is 14.8. The van der Waals surface area contributed by atoms with Crippen molar-refractivity contribution in [2.24, 2.45) is 7.05 Å². The lowest BCUT2D eigenvalue weighted by Gasteiger charge is -2.55. The van der Waals surface area contributed by atoms with E-state index in [0.29, 0.717) is 23.4 Å². The van der Waals surface area contributed by atoms with Crippen molar-refractivity contribution in [1.29, 1.82) is 0 Å². The molecule has 1 aromatic heterocycles. The van der Waals surface area contributed by atoms with Crippen LogP contribution in [0, 0.1) is 0 Å². The minimum Gasteiger partial charge on any atom is -0.508 e. The van der Waals surface area contributed by atoms with Crippen molar-refractivity contribution in [3.05, 3.63) is 162 Å². The molecule has 0 unspecified atom stereocenters. The van der Waals surface area contributed by atoms with Gasteiger partial charge in [-0.25, -0.2) is 10.0 Å². The minimum absolute atomic E-state index is 0.0747. The molecule has 4 amide bonds. The molecular weight excluding hydrogens is 769 g/mol. The van der Waals surface area contributed by atoms with Gasteiger partial charge in [0.25, 0.3) is 5.91 Å². The number of nitrogens with one attached hydrogen (secondary N) is 1. The van der Waals surface area contributed by atoms with Gasteiger partial charge in [0.15, 0.2) is 0 Å². The number of benzene rings is 5. The summed E-state index contributed by atoms with van der Waals surface area (Å²) in [6.45, 7) is 4.43. The third-order valence-electron chi connectivity index (χ3n) is 11.5.